The third-order valence-corrected chi connectivity index (χ3v) is 1.01. The zero-order chi connectivity index (χ0) is 8.69. The van der Waals surface area contributed by atoms with Gasteiger partial charge in [-0.2, -0.15) is 0 Å². The molecule has 64 valence electrons. The summed E-state index contributed by atoms with van der Waals surface area (Å²) in [6.07, 6.45) is 2.56. The first kappa shape index (κ1) is 9.97. The molecule has 0 spiro atoms. The molecule has 1 unspecified atom stereocenters. The SMILES string of the molecule is CC(O)CC=CCNC(=O)O. The Morgan fingerprint density at radius 2 is 2.27 bits per heavy atom. The van der Waals surface area contributed by atoms with Crippen molar-refractivity contribution in [3.8, 4) is 0 Å². The summed E-state index contributed by atoms with van der Waals surface area (Å²) >= 11 is 0. The highest BCUT2D eigenvalue weighted by Crippen LogP contribution is 1.89. The third-order valence-electron chi connectivity index (χ3n) is 1.01. The summed E-state index contributed by atoms with van der Waals surface area (Å²) in [4.78, 5) is 9.90. The lowest BCUT2D eigenvalue weighted by atomic mass is 10.3. The second-order valence-electron chi connectivity index (χ2n) is 2.24. The van der Waals surface area contributed by atoms with Crippen molar-refractivity contribution in [1.29, 1.82) is 0 Å². The van der Waals surface area contributed by atoms with Gasteiger partial charge in [0.05, 0.1) is 6.10 Å². The fourth-order valence-corrected chi connectivity index (χ4v) is 0.523. The average Bonchev–Trinajstić information content (AvgIpc) is 1.85. The molecule has 0 aromatic heterocycles. The van der Waals surface area contributed by atoms with Crippen molar-refractivity contribution >= 4 is 6.09 Å². The van der Waals surface area contributed by atoms with Gasteiger partial charge < -0.3 is 15.5 Å². The Balaban J connectivity index is 3.23. The lowest BCUT2D eigenvalue weighted by molar-refractivity contribution is 0.195. The van der Waals surface area contributed by atoms with Gasteiger partial charge in [0.1, 0.15) is 0 Å². The molecule has 1 atom stereocenters. The van der Waals surface area contributed by atoms with Gasteiger partial charge in [0.2, 0.25) is 0 Å². The van der Waals surface area contributed by atoms with Crippen LogP contribution < -0.4 is 5.32 Å². The van der Waals surface area contributed by atoms with E-state index in [1.165, 1.54) is 0 Å². The van der Waals surface area contributed by atoms with E-state index in [0.29, 0.717) is 13.0 Å². The average molecular weight is 159 g/mol. The smallest absolute Gasteiger partial charge is 0.404 e. The third kappa shape index (κ3) is 8.97. The van der Waals surface area contributed by atoms with Crippen LogP contribution in [0.2, 0.25) is 0 Å². The van der Waals surface area contributed by atoms with Crippen LogP contribution in [0.15, 0.2) is 12.2 Å². The van der Waals surface area contributed by atoms with Crippen LogP contribution in [0.3, 0.4) is 0 Å². The van der Waals surface area contributed by atoms with Crippen LogP contribution in [-0.4, -0.2) is 29.0 Å². The molecule has 0 aromatic rings. The minimum atomic E-state index is -1.04. The normalized spacial score (nSPS) is 13.3. The monoisotopic (exact) mass is 159 g/mol. The van der Waals surface area contributed by atoms with Gasteiger partial charge in [-0.3, -0.25) is 0 Å². The van der Waals surface area contributed by atoms with Gasteiger partial charge >= 0.3 is 6.09 Å². The van der Waals surface area contributed by atoms with Crippen molar-refractivity contribution in [2.24, 2.45) is 0 Å². The summed E-state index contributed by atoms with van der Waals surface area (Å²) in [5.74, 6) is 0. The van der Waals surface area contributed by atoms with Crippen LogP contribution in [-0.2, 0) is 0 Å². The van der Waals surface area contributed by atoms with Crippen LogP contribution in [0.1, 0.15) is 13.3 Å². The highest BCUT2D eigenvalue weighted by Gasteiger charge is 1.90. The topological polar surface area (TPSA) is 69.6 Å². The van der Waals surface area contributed by atoms with Gasteiger partial charge in [-0.25, -0.2) is 4.79 Å². The van der Waals surface area contributed by atoms with Gasteiger partial charge in [0, 0.05) is 6.54 Å². The molecule has 0 saturated heterocycles. The van der Waals surface area contributed by atoms with Gasteiger partial charge in [-0.15, -0.1) is 0 Å². The van der Waals surface area contributed by atoms with E-state index in [4.69, 9.17) is 10.2 Å². The molecule has 1 amide bonds. The van der Waals surface area contributed by atoms with Gasteiger partial charge in [0.25, 0.3) is 0 Å². The van der Waals surface area contributed by atoms with Crippen molar-refractivity contribution in [2.75, 3.05) is 6.54 Å². The lowest BCUT2D eigenvalue weighted by Crippen LogP contribution is -2.20. The summed E-state index contributed by atoms with van der Waals surface area (Å²) in [6, 6.07) is 0. The molecule has 0 bridgehead atoms. The Kier molecular flexibility index (Phi) is 5.20. The molecule has 0 fully saturated rings. The number of hydrogen-bond donors (Lipinski definition) is 3. The zero-order valence-corrected chi connectivity index (χ0v) is 6.45. The van der Waals surface area contributed by atoms with Crippen molar-refractivity contribution in [3.63, 3.8) is 0 Å². The molecule has 11 heavy (non-hydrogen) atoms. The highest BCUT2D eigenvalue weighted by atomic mass is 16.4. The number of carboxylic acid groups (broad SMARTS) is 1. The maximum atomic E-state index is 9.90. The summed E-state index contributed by atoms with van der Waals surface area (Å²) in [6.45, 7) is 1.97. The van der Waals surface area contributed by atoms with E-state index in [-0.39, 0.29) is 6.10 Å². The van der Waals surface area contributed by atoms with Crippen LogP contribution >= 0.6 is 0 Å². The summed E-state index contributed by atoms with van der Waals surface area (Å²) in [5.41, 5.74) is 0. The van der Waals surface area contributed by atoms with E-state index in [1.54, 1.807) is 19.1 Å². The van der Waals surface area contributed by atoms with Gasteiger partial charge in [0.15, 0.2) is 0 Å². The fourth-order valence-electron chi connectivity index (χ4n) is 0.523. The van der Waals surface area contributed by atoms with Crippen molar-refractivity contribution in [2.45, 2.75) is 19.4 Å². The Morgan fingerprint density at radius 1 is 1.64 bits per heavy atom. The number of amides is 1. The van der Waals surface area contributed by atoms with Crippen molar-refractivity contribution in [3.05, 3.63) is 12.2 Å². The van der Waals surface area contributed by atoms with Crippen molar-refractivity contribution in [1.82, 2.24) is 5.32 Å². The van der Waals surface area contributed by atoms with Crippen LogP contribution in [0.4, 0.5) is 4.79 Å². The molecule has 0 aromatic carbocycles. The maximum Gasteiger partial charge on any atom is 0.404 e. The molecular formula is C7H13NO3. The molecule has 0 rings (SSSR count). The fraction of sp³-hybridized carbons (Fsp3) is 0.571. The summed E-state index contributed by atoms with van der Waals surface area (Å²) in [7, 11) is 0. The predicted octanol–water partition coefficient (Wildman–Crippen LogP) is 0.581. The first-order valence-corrected chi connectivity index (χ1v) is 3.42. The number of hydrogen-bond acceptors (Lipinski definition) is 2. The molecule has 0 aliphatic heterocycles. The maximum absolute atomic E-state index is 9.90. The Labute approximate surface area is 65.5 Å². The van der Waals surface area contributed by atoms with Gasteiger partial charge in [-0.05, 0) is 13.3 Å². The number of carbonyl (C=O) groups is 1. The Morgan fingerprint density at radius 3 is 2.73 bits per heavy atom. The van der Waals surface area contributed by atoms with E-state index >= 15 is 0 Å². The van der Waals surface area contributed by atoms with E-state index in [0.717, 1.165) is 0 Å². The molecule has 0 aliphatic carbocycles. The van der Waals surface area contributed by atoms with E-state index in [9.17, 15) is 4.79 Å². The lowest BCUT2D eigenvalue weighted by Gasteiger charge is -1.96. The Bertz CT molecular complexity index is 143. The number of aliphatic hydroxyl groups excluding tert-OH is 1. The first-order valence-electron chi connectivity index (χ1n) is 3.42. The molecule has 0 radical (unpaired) electrons. The number of rotatable bonds is 4. The molecule has 4 heteroatoms. The molecule has 0 saturated carbocycles. The highest BCUT2D eigenvalue weighted by molar-refractivity contribution is 5.64. The van der Waals surface area contributed by atoms with E-state index < -0.39 is 6.09 Å². The zero-order valence-electron chi connectivity index (χ0n) is 6.45. The second-order valence-corrected chi connectivity index (χ2v) is 2.24. The summed E-state index contributed by atoms with van der Waals surface area (Å²) < 4.78 is 0. The summed E-state index contributed by atoms with van der Waals surface area (Å²) in [5, 5.41) is 19.1. The standard InChI is InChI=1S/C7H13NO3/c1-6(9)4-2-3-5-8-7(10)11/h2-3,6,8-9H,4-5H2,1H3,(H,10,11). The van der Waals surface area contributed by atoms with Crippen molar-refractivity contribution < 1.29 is 15.0 Å². The molecule has 3 N–H and O–H groups in total. The van der Waals surface area contributed by atoms with E-state index in [1.807, 2.05) is 0 Å². The molecule has 0 aliphatic rings. The quantitative estimate of drug-likeness (QED) is 0.525. The first-order chi connectivity index (χ1) is 5.13. The number of aliphatic hydroxyl groups is 1. The van der Waals surface area contributed by atoms with Crippen LogP contribution in [0, 0.1) is 0 Å². The van der Waals surface area contributed by atoms with Crippen LogP contribution in [0.25, 0.3) is 0 Å². The molecule has 4 nitrogen and oxygen atoms in total. The van der Waals surface area contributed by atoms with Gasteiger partial charge in [-0.1, -0.05) is 12.2 Å². The van der Waals surface area contributed by atoms with Crippen LogP contribution in [0.5, 0.6) is 0 Å². The Hall–Kier alpha value is -1.03. The minimum absolute atomic E-state index is 0.294. The number of nitrogens with one attached hydrogen (secondary N) is 1. The molecular weight excluding hydrogens is 146 g/mol. The largest absolute Gasteiger partial charge is 0.465 e. The second kappa shape index (κ2) is 5.73. The van der Waals surface area contributed by atoms with E-state index in [2.05, 4.69) is 5.32 Å². The minimum Gasteiger partial charge on any atom is -0.465 e. The predicted molar refractivity (Wildman–Crippen MR) is 41.5 cm³/mol. The molecule has 0 heterocycles.